The first-order valence-electron chi connectivity index (χ1n) is 12.2. The average Bonchev–Trinajstić information content (AvgIpc) is 3.36. The molecule has 0 bridgehead atoms. The largest absolute Gasteiger partial charge is 0.447 e. The van der Waals surface area contributed by atoms with E-state index < -0.39 is 0 Å². The Hall–Kier alpha value is -3.81. The van der Waals surface area contributed by atoms with Gasteiger partial charge in [0.15, 0.2) is 5.82 Å². The van der Waals surface area contributed by atoms with Gasteiger partial charge in [-0.2, -0.15) is 0 Å². The zero-order valence-electron chi connectivity index (χ0n) is 23.8. The molecule has 0 radical (unpaired) electrons. The molecular weight excluding hydrogens is 464 g/mol. The van der Waals surface area contributed by atoms with Gasteiger partial charge in [0, 0.05) is 48.8 Å². The van der Waals surface area contributed by atoms with Crippen molar-refractivity contribution in [1.29, 1.82) is 0 Å². The molecule has 1 aromatic rings. The molecule has 0 saturated carbocycles. The second kappa shape index (κ2) is 26.8. The quantitative estimate of drug-likeness (QED) is 0.237. The maximum atomic E-state index is 10.6. The number of aromatic nitrogens is 2. The van der Waals surface area contributed by atoms with Crippen molar-refractivity contribution in [2.75, 3.05) is 13.7 Å². The molecule has 0 spiro atoms. The Bertz CT molecular complexity index is 904. The van der Waals surface area contributed by atoms with Gasteiger partial charge in [-0.05, 0) is 41.0 Å². The molecule has 1 saturated heterocycles. The molecule has 1 fully saturated rings. The lowest BCUT2D eigenvalue weighted by molar-refractivity contribution is 0.176. The fraction of sp³-hybridized carbons (Fsp3) is 0.433. The number of carbonyl (C=O) groups is 1. The van der Waals surface area contributed by atoms with Crippen LogP contribution in [0.2, 0.25) is 0 Å². The Morgan fingerprint density at radius 2 is 1.84 bits per heavy atom. The van der Waals surface area contributed by atoms with Gasteiger partial charge in [0.2, 0.25) is 0 Å². The van der Waals surface area contributed by atoms with Gasteiger partial charge in [0.25, 0.3) is 0 Å². The molecule has 1 aliphatic rings. The van der Waals surface area contributed by atoms with Gasteiger partial charge in [-0.3, -0.25) is 0 Å². The first kappa shape index (κ1) is 37.7. The molecule has 0 aliphatic carbocycles. The number of aliphatic hydroxyl groups excluding tert-OH is 1. The van der Waals surface area contributed by atoms with Crippen molar-refractivity contribution < 1.29 is 14.6 Å². The number of ether oxygens (including phenoxy) is 1. The highest BCUT2D eigenvalue weighted by atomic mass is 16.6. The maximum absolute atomic E-state index is 10.6. The minimum Gasteiger partial charge on any atom is -0.447 e. The number of hydrogen-bond donors (Lipinski definition) is 3. The Morgan fingerprint density at radius 1 is 1.27 bits per heavy atom. The number of amides is 1. The Balaban J connectivity index is -0.000000525. The van der Waals surface area contributed by atoms with Crippen LogP contribution in [0.3, 0.4) is 0 Å². The van der Waals surface area contributed by atoms with Crippen LogP contribution >= 0.6 is 0 Å². The fourth-order valence-corrected chi connectivity index (χ4v) is 2.51. The first-order chi connectivity index (χ1) is 17.9. The summed E-state index contributed by atoms with van der Waals surface area (Å²) < 4.78 is 4.70. The van der Waals surface area contributed by atoms with Crippen LogP contribution in [0.25, 0.3) is 5.57 Å². The molecule has 2 rings (SSSR count). The molecule has 37 heavy (non-hydrogen) atoms. The monoisotopic (exact) mass is 510 g/mol. The van der Waals surface area contributed by atoms with Crippen LogP contribution in [0.4, 0.5) is 4.79 Å². The number of nitrogens with zero attached hydrogens (tertiary/aromatic N) is 2. The maximum Gasteiger partial charge on any atom is 0.407 e. The lowest BCUT2D eigenvalue weighted by Gasteiger charge is -2.09. The molecule has 2 heterocycles. The lowest BCUT2D eigenvalue weighted by Crippen LogP contribution is -2.27. The Kier molecular flexibility index (Phi) is 27.3. The zero-order chi connectivity index (χ0) is 29.1. The van der Waals surface area contributed by atoms with Crippen LogP contribution in [-0.2, 0) is 11.3 Å². The third kappa shape index (κ3) is 19.1. The molecule has 1 aromatic heterocycles. The minimum atomic E-state index is -0.361. The smallest absolute Gasteiger partial charge is 0.407 e. The Morgan fingerprint density at radius 3 is 2.22 bits per heavy atom. The van der Waals surface area contributed by atoms with Gasteiger partial charge in [0.05, 0.1) is 6.04 Å². The van der Waals surface area contributed by atoms with Crippen molar-refractivity contribution in [3.8, 4) is 24.7 Å². The van der Waals surface area contributed by atoms with Gasteiger partial charge in [-0.1, -0.05) is 50.1 Å². The summed E-state index contributed by atoms with van der Waals surface area (Å²) in [5, 5.41) is 12.9. The summed E-state index contributed by atoms with van der Waals surface area (Å²) in [6.07, 6.45) is 23.6. The summed E-state index contributed by atoms with van der Waals surface area (Å²) in [5.74, 6) is 5.60. The number of rotatable bonds is 8. The second-order valence-electron chi connectivity index (χ2n) is 6.96. The van der Waals surface area contributed by atoms with E-state index in [0.717, 1.165) is 36.3 Å². The van der Waals surface area contributed by atoms with Crippen molar-refractivity contribution in [3.05, 3.63) is 66.4 Å². The van der Waals surface area contributed by atoms with E-state index in [1.807, 2.05) is 78.2 Å². The summed E-state index contributed by atoms with van der Waals surface area (Å²) in [7, 11) is 1.00. The number of allylic oxidation sites excluding steroid dienone is 7. The molecule has 204 valence electrons. The van der Waals surface area contributed by atoms with Gasteiger partial charge < -0.3 is 20.5 Å². The third-order valence-corrected chi connectivity index (χ3v) is 4.40. The van der Waals surface area contributed by atoms with E-state index >= 15 is 0 Å². The van der Waals surface area contributed by atoms with Crippen molar-refractivity contribution in [2.24, 2.45) is 5.92 Å². The van der Waals surface area contributed by atoms with Crippen LogP contribution < -0.4 is 10.6 Å². The molecule has 2 atom stereocenters. The van der Waals surface area contributed by atoms with E-state index in [4.69, 9.17) is 16.3 Å². The SMILES string of the molecule is C#CC.C#CC(C=C)C[C@@H]1COC(=O)N1.C/C=C\C(=C/C)c1ncc(CN/C(C)=C/C)cn1.CC.CO. The normalized spacial score (nSPS) is 14.6. The van der Waals surface area contributed by atoms with Crippen LogP contribution in [-0.4, -0.2) is 40.9 Å². The number of cyclic esters (lactones) is 1. The third-order valence-electron chi connectivity index (χ3n) is 4.40. The van der Waals surface area contributed by atoms with Crippen LogP contribution in [0, 0.1) is 30.6 Å². The van der Waals surface area contributed by atoms with Gasteiger partial charge >= 0.3 is 6.09 Å². The van der Waals surface area contributed by atoms with Crippen LogP contribution in [0.1, 0.15) is 66.3 Å². The molecule has 0 aromatic carbocycles. The number of carbonyl (C=O) groups excluding carboxylic acids is 1. The predicted octanol–water partition coefficient (Wildman–Crippen LogP) is 5.66. The van der Waals surface area contributed by atoms with E-state index in [0.29, 0.717) is 13.0 Å². The van der Waals surface area contributed by atoms with Gasteiger partial charge in [-0.25, -0.2) is 14.8 Å². The van der Waals surface area contributed by atoms with E-state index in [1.165, 1.54) is 0 Å². The molecule has 1 unspecified atom stereocenters. The highest BCUT2D eigenvalue weighted by Crippen LogP contribution is 2.11. The Labute approximate surface area is 225 Å². The topological polar surface area (TPSA) is 96.4 Å². The first-order valence-corrected chi connectivity index (χ1v) is 12.2. The number of terminal acetylenes is 2. The van der Waals surface area contributed by atoms with Crippen LogP contribution in [0.15, 0.2) is 55.0 Å². The fourth-order valence-electron chi connectivity index (χ4n) is 2.51. The van der Waals surface area contributed by atoms with Crippen molar-refractivity contribution in [2.45, 2.75) is 67.5 Å². The summed E-state index contributed by atoms with van der Waals surface area (Å²) in [6.45, 7) is 18.4. The number of alkyl carbamates (subject to hydrolysis) is 1. The predicted molar refractivity (Wildman–Crippen MR) is 156 cm³/mol. The standard InChI is InChI=1S/C15H21N3.C9H11NO2.C3H4.C2H6.CH4O/c1-5-8-14(7-3)15-17-10-13(11-18-15)9-16-12(4)6-2;1-3-7(4-2)5-8-6-12-9(11)10-8;1-3-2;2*1-2/h5-8,10-11,16H,9H2,1-4H3;1,4,7-8H,2,5-6H2,(H,10,11);1H,2H3;1-2H3;2H,1H3/b8-5-,12-6+,14-7+;;;;/t;7?,8-;;;/m.1.../s1. The average molecular weight is 511 g/mol. The molecule has 1 aliphatic heterocycles. The molecular formula is C30H46N4O3. The lowest BCUT2D eigenvalue weighted by atomic mass is 10.0. The summed E-state index contributed by atoms with van der Waals surface area (Å²) in [4.78, 5) is 19.4. The second-order valence-corrected chi connectivity index (χ2v) is 6.96. The van der Waals surface area contributed by atoms with E-state index in [1.54, 1.807) is 13.0 Å². The molecule has 7 heteroatoms. The summed E-state index contributed by atoms with van der Waals surface area (Å²) >= 11 is 0. The van der Waals surface area contributed by atoms with Crippen molar-refractivity contribution in [3.63, 3.8) is 0 Å². The van der Waals surface area contributed by atoms with Crippen LogP contribution in [0.5, 0.6) is 0 Å². The van der Waals surface area contributed by atoms with E-state index in [9.17, 15) is 4.79 Å². The number of aliphatic hydroxyl groups is 1. The molecule has 1 amide bonds. The van der Waals surface area contributed by atoms with Crippen molar-refractivity contribution >= 4 is 11.7 Å². The highest BCUT2D eigenvalue weighted by molar-refractivity contribution is 5.69. The van der Waals surface area contributed by atoms with Gasteiger partial charge in [0.1, 0.15) is 6.61 Å². The zero-order valence-corrected chi connectivity index (χ0v) is 23.8. The number of hydrogen-bond acceptors (Lipinski definition) is 6. The van der Waals surface area contributed by atoms with Crippen molar-refractivity contribution in [1.82, 2.24) is 20.6 Å². The van der Waals surface area contributed by atoms with E-state index in [-0.39, 0.29) is 18.1 Å². The molecule has 3 N–H and O–H groups in total. The minimum absolute atomic E-state index is 0.0111. The summed E-state index contributed by atoms with van der Waals surface area (Å²) in [5.41, 5.74) is 3.28. The molecule has 7 nitrogen and oxygen atoms in total. The number of nitrogens with one attached hydrogen (secondary N) is 2. The highest BCUT2D eigenvalue weighted by Gasteiger charge is 2.23. The van der Waals surface area contributed by atoms with E-state index in [2.05, 4.69) is 45.4 Å². The van der Waals surface area contributed by atoms with Gasteiger partial charge in [-0.15, -0.1) is 25.3 Å². The summed E-state index contributed by atoms with van der Waals surface area (Å²) in [6, 6.07) is 0.0385.